The molecular weight excluding hydrogens is 354 g/mol. The molecule has 3 aromatic rings. The summed E-state index contributed by atoms with van der Waals surface area (Å²) < 4.78 is 6.38. The number of halogens is 1. The lowest BCUT2D eigenvalue weighted by Gasteiger charge is -2.08. The molecule has 0 aliphatic heterocycles. The summed E-state index contributed by atoms with van der Waals surface area (Å²) in [6.07, 6.45) is 0. The van der Waals surface area contributed by atoms with Gasteiger partial charge in [-0.3, -0.25) is 4.79 Å². The molecule has 0 radical (unpaired) electrons. The molecule has 1 aromatic heterocycles. The Hall–Kier alpha value is -3.12. The van der Waals surface area contributed by atoms with Gasteiger partial charge in [0.15, 0.2) is 5.69 Å². The molecule has 0 saturated heterocycles. The molecule has 0 unspecified atom stereocenters. The predicted octanol–water partition coefficient (Wildman–Crippen LogP) is 3.87. The predicted molar refractivity (Wildman–Crippen MR) is 99.0 cm³/mol. The second-order valence-corrected chi connectivity index (χ2v) is 5.99. The fraction of sp³-hybridized carbons (Fsp3) is 0.105. The summed E-state index contributed by atoms with van der Waals surface area (Å²) in [7, 11) is 1.29. The molecule has 0 bridgehead atoms. The van der Waals surface area contributed by atoms with E-state index in [2.05, 4.69) is 10.4 Å². The molecule has 0 saturated carbocycles. The smallest absolute Gasteiger partial charge is 0.339 e. The quantitative estimate of drug-likeness (QED) is 0.708. The van der Waals surface area contributed by atoms with Gasteiger partial charge in [0, 0.05) is 10.7 Å². The van der Waals surface area contributed by atoms with E-state index in [1.54, 1.807) is 47.1 Å². The highest BCUT2D eigenvalue weighted by molar-refractivity contribution is 6.30. The largest absolute Gasteiger partial charge is 0.465 e. The summed E-state index contributed by atoms with van der Waals surface area (Å²) in [5.41, 5.74) is 2.46. The van der Waals surface area contributed by atoms with Crippen LogP contribution in [-0.2, 0) is 4.74 Å². The Morgan fingerprint density at radius 3 is 2.50 bits per heavy atom. The zero-order valence-corrected chi connectivity index (χ0v) is 14.9. The van der Waals surface area contributed by atoms with Gasteiger partial charge in [0.2, 0.25) is 0 Å². The van der Waals surface area contributed by atoms with Crippen molar-refractivity contribution in [3.63, 3.8) is 0 Å². The van der Waals surface area contributed by atoms with Crippen molar-refractivity contribution < 1.29 is 14.3 Å². The molecule has 1 N–H and O–H groups in total. The average molecular weight is 370 g/mol. The number of hydrogen-bond acceptors (Lipinski definition) is 4. The van der Waals surface area contributed by atoms with Crippen LogP contribution in [0.2, 0.25) is 5.02 Å². The maximum Gasteiger partial charge on any atom is 0.339 e. The fourth-order valence-electron chi connectivity index (χ4n) is 2.50. The number of anilines is 1. The SMILES string of the molecule is COC(=O)c1ccccc1NC(=O)c1cc(C)n(-c2ccc(Cl)cc2)n1. The first-order valence-electron chi connectivity index (χ1n) is 7.81. The van der Waals surface area contributed by atoms with Crippen LogP contribution in [0.15, 0.2) is 54.6 Å². The summed E-state index contributed by atoms with van der Waals surface area (Å²) in [4.78, 5) is 24.4. The zero-order chi connectivity index (χ0) is 18.7. The number of aryl methyl sites for hydroxylation is 1. The van der Waals surface area contributed by atoms with Gasteiger partial charge in [-0.15, -0.1) is 0 Å². The lowest BCUT2D eigenvalue weighted by molar-refractivity contribution is 0.0602. The van der Waals surface area contributed by atoms with E-state index in [0.29, 0.717) is 10.7 Å². The Morgan fingerprint density at radius 2 is 1.81 bits per heavy atom. The third-order valence-corrected chi connectivity index (χ3v) is 4.02. The molecule has 0 aliphatic carbocycles. The Labute approximate surface area is 155 Å². The molecule has 132 valence electrons. The van der Waals surface area contributed by atoms with Gasteiger partial charge in [0.05, 0.1) is 24.0 Å². The van der Waals surface area contributed by atoms with E-state index >= 15 is 0 Å². The fourth-order valence-corrected chi connectivity index (χ4v) is 2.62. The number of para-hydroxylation sites is 1. The van der Waals surface area contributed by atoms with E-state index < -0.39 is 11.9 Å². The Balaban J connectivity index is 1.87. The first kappa shape index (κ1) is 17.7. The maximum atomic E-state index is 12.6. The van der Waals surface area contributed by atoms with E-state index in [4.69, 9.17) is 16.3 Å². The molecule has 3 rings (SSSR count). The molecule has 0 aliphatic rings. The second kappa shape index (κ2) is 7.41. The number of esters is 1. The van der Waals surface area contributed by atoms with Gasteiger partial charge >= 0.3 is 5.97 Å². The summed E-state index contributed by atoms with van der Waals surface area (Å²) in [6.45, 7) is 1.85. The molecule has 0 fully saturated rings. The molecule has 1 amide bonds. The average Bonchev–Trinajstić information content (AvgIpc) is 3.04. The third kappa shape index (κ3) is 3.60. The van der Waals surface area contributed by atoms with Crippen molar-refractivity contribution >= 4 is 29.2 Å². The Bertz CT molecular complexity index is 964. The van der Waals surface area contributed by atoms with E-state index in [-0.39, 0.29) is 11.3 Å². The normalized spacial score (nSPS) is 10.4. The topological polar surface area (TPSA) is 73.2 Å². The second-order valence-electron chi connectivity index (χ2n) is 5.55. The minimum atomic E-state index is -0.524. The molecule has 0 spiro atoms. The first-order valence-corrected chi connectivity index (χ1v) is 8.18. The van der Waals surface area contributed by atoms with Crippen molar-refractivity contribution in [2.24, 2.45) is 0 Å². The van der Waals surface area contributed by atoms with Gasteiger partial charge in [-0.2, -0.15) is 5.10 Å². The van der Waals surface area contributed by atoms with Gasteiger partial charge in [0.25, 0.3) is 5.91 Å². The van der Waals surface area contributed by atoms with Crippen molar-refractivity contribution in [3.8, 4) is 5.69 Å². The highest BCUT2D eigenvalue weighted by Gasteiger charge is 2.17. The number of benzene rings is 2. The number of nitrogens with one attached hydrogen (secondary N) is 1. The minimum Gasteiger partial charge on any atom is -0.465 e. The van der Waals surface area contributed by atoms with Gasteiger partial charge in [-0.25, -0.2) is 9.48 Å². The standard InChI is InChI=1S/C19H16ClN3O3/c1-12-11-17(22-23(12)14-9-7-13(20)8-10-14)18(24)21-16-6-4-3-5-15(16)19(25)26-2/h3-11H,1-2H3,(H,21,24). The van der Waals surface area contributed by atoms with Crippen molar-refractivity contribution in [1.29, 1.82) is 0 Å². The number of aromatic nitrogens is 2. The van der Waals surface area contributed by atoms with Crippen LogP contribution < -0.4 is 5.32 Å². The van der Waals surface area contributed by atoms with Crippen LogP contribution in [0.4, 0.5) is 5.69 Å². The number of carbonyl (C=O) groups is 2. The number of nitrogens with zero attached hydrogens (tertiary/aromatic N) is 2. The molecule has 6 nitrogen and oxygen atoms in total. The van der Waals surface area contributed by atoms with E-state index in [0.717, 1.165) is 11.4 Å². The van der Waals surface area contributed by atoms with Crippen LogP contribution in [-0.4, -0.2) is 28.8 Å². The number of hydrogen-bond donors (Lipinski definition) is 1. The summed E-state index contributed by atoms with van der Waals surface area (Å²) in [6, 6.07) is 15.4. The number of methoxy groups -OCH3 is 1. The maximum absolute atomic E-state index is 12.6. The zero-order valence-electron chi connectivity index (χ0n) is 14.2. The van der Waals surface area contributed by atoms with E-state index in [9.17, 15) is 9.59 Å². The highest BCUT2D eigenvalue weighted by Crippen LogP contribution is 2.19. The van der Waals surface area contributed by atoms with Crippen LogP contribution in [0.3, 0.4) is 0 Å². The van der Waals surface area contributed by atoms with Crippen LogP contribution >= 0.6 is 11.6 Å². The molecule has 1 heterocycles. The first-order chi connectivity index (χ1) is 12.5. The van der Waals surface area contributed by atoms with Crippen LogP contribution in [0.1, 0.15) is 26.5 Å². The molecule has 0 atom stereocenters. The Morgan fingerprint density at radius 1 is 1.12 bits per heavy atom. The van der Waals surface area contributed by atoms with Crippen LogP contribution in [0.5, 0.6) is 0 Å². The highest BCUT2D eigenvalue weighted by atomic mass is 35.5. The summed E-state index contributed by atoms with van der Waals surface area (Å²) in [5.74, 6) is -0.944. The number of carbonyl (C=O) groups excluding carboxylic acids is 2. The number of rotatable bonds is 4. The van der Waals surface area contributed by atoms with E-state index in [1.807, 2.05) is 19.1 Å². The van der Waals surface area contributed by atoms with Gasteiger partial charge < -0.3 is 10.1 Å². The van der Waals surface area contributed by atoms with Crippen LogP contribution in [0.25, 0.3) is 5.69 Å². The number of amides is 1. The van der Waals surface area contributed by atoms with Crippen molar-refractivity contribution in [3.05, 3.63) is 76.6 Å². The molecule has 26 heavy (non-hydrogen) atoms. The van der Waals surface area contributed by atoms with Crippen molar-refractivity contribution in [1.82, 2.24) is 9.78 Å². The monoisotopic (exact) mass is 369 g/mol. The van der Waals surface area contributed by atoms with Gasteiger partial charge in [-0.1, -0.05) is 23.7 Å². The third-order valence-electron chi connectivity index (χ3n) is 3.77. The molecule has 2 aromatic carbocycles. The number of ether oxygens (including phenoxy) is 1. The lowest BCUT2D eigenvalue weighted by Crippen LogP contribution is -2.16. The minimum absolute atomic E-state index is 0.233. The molecule has 7 heteroatoms. The van der Waals surface area contributed by atoms with E-state index in [1.165, 1.54) is 7.11 Å². The molecular formula is C19H16ClN3O3. The lowest BCUT2D eigenvalue weighted by atomic mass is 10.1. The van der Waals surface area contributed by atoms with Crippen molar-refractivity contribution in [2.75, 3.05) is 12.4 Å². The summed E-state index contributed by atoms with van der Waals surface area (Å²) >= 11 is 5.91. The summed E-state index contributed by atoms with van der Waals surface area (Å²) in [5, 5.41) is 7.67. The Kier molecular flexibility index (Phi) is 5.04. The van der Waals surface area contributed by atoms with Gasteiger partial charge in [0.1, 0.15) is 0 Å². The van der Waals surface area contributed by atoms with Gasteiger partial charge in [-0.05, 0) is 49.4 Å². The van der Waals surface area contributed by atoms with Crippen molar-refractivity contribution in [2.45, 2.75) is 6.92 Å². The van der Waals surface area contributed by atoms with Crippen LogP contribution in [0, 0.1) is 6.92 Å².